The van der Waals surface area contributed by atoms with Crippen LogP contribution in [-0.4, -0.2) is 138 Å². The average Bonchev–Trinajstić information content (AvgIpc) is 2.01. The Bertz CT molecular complexity index is 160. The summed E-state index contributed by atoms with van der Waals surface area (Å²) in [4.78, 5) is 20.1. The van der Waals surface area contributed by atoms with E-state index < -0.39 is 11.9 Å². The van der Waals surface area contributed by atoms with Gasteiger partial charge in [-0.1, -0.05) is 6.42 Å². The normalized spacial score (nSPS) is 8.53. The summed E-state index contributed by atoms with van der Waals surface area (Å²) >= 11 is 0. The Labute approximate surface area is 175 Å². The number of carboxylic acids is 2. The summed E-state index contributed by atoms with van der Waals surface area (Å²) in [6, 6.07) is 0. The minimum absolute atomic E-state index is 0. The Hall–Kier alpha value is 2.17. The standard InChI is InChI=1S/C8H15NO4.2K.2H/c10-7(11)4-2-1-3-5-9-6-8(12)13;;;;/h9H,1-6H2,(H,10,11)(H,12,13);;;;. The van der Waals surface area contributed by atoms with Crippen molar-refractivity contribution < 1.29 is 19.8 Å². The molecule has 3 N–H and O–H groups in total. The molecule has 80 valence electrons. The maximum absolute atomic E-state index is 10.1. The monoisotopic (exact) mass is 269 g/mol. The van der Waals surface area contributed by atoms with Crippen molar-refractivity contribution in [3.63, 3.8) is 0 Å². The Balaban J connectivity index is -0.000000720. The van der Waals surface area contributed by atoms with Crippen LogP contribution >= 0.6 is 0 Å². The second kappa shape index (κ2) is 16.2. The predicted molar refractivity (Wildman–Crippen MR) is 60.9 cm³/mol. The number of aliphatic carboxylic acids is 2. The summed E-state index contributed by atoms with van der Waals surface area (Å²) in [5, 5.41) is 19.3. The molecule has 0 spiro atoms. The SMILES string of the molecule is O=C(O)CCCCCNCC(=O)O.[KH].[KH]. The summed E-state index contributed by atoms with van der Waals surface area (Å²) in [5.41, 5.74) is 0. The van der Waals surface area contributed by atoms with Gasteiger partial charge >= 0.3 is 115 Å². The molecule has 15 heavy (non-hydrogen) atoms. The van der Waals surface area contributed by atoms with Crippen LogP contribution in [0.25, 0.3) is 0 Å². The van der Waals surface area contributed by atoms with E-state index in [2.05, 4.69) is 5.32 Å². The molecule has 0 radical (unpaired) electrons. The van der Waals surface area contributed by atoms with Crippen LogP contribution in [0.1, 0.15) is 25.7 Å². The van der Waals surface area contributed by atoms with E-state index in [1.807, 2.05) is 0 Å². The average molecular weight is 269 g/mol. The molecule has 0 aromatic heterocycles. The third-order valence-corrected chi connectivity index (χ3v) is 1.52. The molecule has 0 atom stereocenters. The van der Waals surface area contributed by atoms with Gasteiger partial charge in [0.15, 0.2) is 0 Å². The van der Waals surface area contributed by atoms with Crippen molar-refractivity contribution in [3.05, 3.63) is 0 Å². The topological polar surface area (TPSA) is 86.6 Å². The van der Waals surface area contributed by atoms with Crippen molar-refractivity contribution in [2.45, 2.75) is 25.7 Å². The van der Waals surface area contributed by atoms with Crippen molar-refractivity contribution in [2.24, 2.45) is 0 Å². The molecule has 0 aromatic rings. The van der Waals surface area contributed by atoms with Gasteiger partial charge in [-0.3, -0.25) is 9.59 Å². The van der Waals surface area contributed by atoms with E-state index in [4.69, 9.17) is 10.2 Å². The first-order chi connectivity index (χ1) is 6.13. The van der Waals surface area contributed by atoms with Crippen LogP contribution in [0.15, 0.2) is 0 Å². The number of nitrogens with one attached hydrogen (secondary N) is 1. The van der Waals surface area contributed by atoms with Crippen LogP contribution in [-0.2, 0) is 9.59 Å². The Morgan fingerprint density at radius 3 is 2.00 bits per heavy atom. The number of unbranched alkanes of at least 4 members (excludes halogenated alkanes) is 2. The van der Waals surface area contributed by atoms with Gasteiger partial charge in [-0.2, -0.15) is 0 Å². The first-order valence-corrected chi connectivity index (χ1v) is 4.27. The fourth-order valence-corrected chi connectivity index (χ4v) is 0.898. The fourth-order valence-electron chi connectivity index (χ4n) is 0.898. The first-order valence-electron chi connectivity index (χ1n) is 4.27. The van der Waals surface area contributed by atoms with Gasteiger partial charge in [-0.25, -0.2) is 0 Å². The first kappa shape index (κ1) is 22.4. The molecule has 0 aromatic carbocycles. The van der Waals surface area contributed by atoms with Gasteiger partial charge in [-0.15, -0.1) is 0 Å². The molecule has 0 aliphatic heterocycles. The molecule has 0 unspecified atom stereocenters. The van der Waals surface area contributed by atoms with Crippen LogP contribution in [0.5, 0.6) is 0 Å². The molecule has 0 bridgehead atoms. The van der Waals surface area contributed by atoms with Crippen molar-refractivity contribution in [1.82, 2.24) is 5.32 Å². The molecule has 0 saturated carbocycles. The van der Waals surface area contributed by atoms with Crippen LogP contribution in [0.3, 0.4) is 0 Å². The van der Waals surface area contributed by atoms with Crippen LogP contribution in [0, 0.1) is 0 Å². The van der Waals surface area contributed by atoms with E-state index in [0.717, 1.165) is 12.8 Å². The van der Waals surface area contributed by atoms with Crippen LogP contribution in [0.2, 0.25) is 0 Å². The van der Waals surface area contributed by atoms with Gasteiger partial charge < -0.3 is 15.5 Å². The van der Waals surface area contributed by atoms with Crippen molar-refractivity contribution >= 4 is 115 Å². The fraction of sp³-hybridized carbons (Fsp3) is 0.750. The van der Waals surface area contributed by atoms with E-state index in [1.54, 1.807) is 0 Å². The number of hydrogen-bond donors (Lipinski definition) is 3. The van der Waals surface area contributed by atoms with Gasteiger partial charge in [-0.05, 0) is 19.4 Å². The third kappa shape index (κ3) is 21.9. The minimum atomic E-state index is -0.870. The summed E-state index contributed by atoms with van der Waals surface area (Å²) in [7, 11) is 0. The van der Waals surface area contributed by atoms with Gasteiger partial charge in [0.25, 0.3) is 0 Å². The van der Waals surface area contributed by atoms with Crippen LogP contribution < -0.4 is 5.32 Å². The summed E-state index contributed by atoms with van der Waals surface area (Å²) in [6.45, 7) is 0.602. The molecule has 0 fully saturated rings. The molecule has 5 nitrogen and oxygen atoms in total. The molecule has 7 heteroatoms. The van der Waals surface area contributed by atoms with Gasteiger partial charge in [0, 0.05) is 6.42 Å². The quantitative estimate of drug-likeness (QED) is 0.389. The summed E-state index contributed by atoms with van der Waals surface area (Å²) < 4.78 is 0. The van der Waals surface area contributed by atoms with E-state index in [0.29, 0.717) is 13.0 Å². The molecule has 0 saturated heterocycles. The van der Waals surface area contributed by atoms with Crippen molar-refractivity contribution in [2.75, 3.05) is 13.1 Å². The van der Waals surface area contributed by atoms with Crippen LogP contribution in [0.4, 0.5) is 0 Å². The molecule has 0 rings (SSSR count). The third-order valence-electron chi connectivity index (χ3n) is 1.52. The summed E-state index contributed by atoms with van der Waals surface area (Å²) in [5.74, 6) is -1.65. The van der Waals surface area contributed by atoms with E-state index in [9.17, 15) is 9.59 Å². The van der Waals surface area contributed by atoms with E-state index >= 15 is 0 Å². The Kier molecular flexibility index (Phi) is 24.1. The predicted octanol–water partition coefficient (Wildman–Crippen LogP) is -0.991. The zero-order valence-electron chi connectivity index (χ0n) is 7.45. The van der Waals surface area contributed by atoms with Crippen molar-refractivity contribution in [3.8, 4) is 0 Å². The Morgan fingerprint density at radius 2 is 1.53 bits per heavy atom. The second-order valence-electron chi connectivity index (χ2n) is 2.77. The molecular formula is C8H17K2NO4. The number of rotatable bonds is 8. The number of carbonyl (C=O) groups is 2. The van der Waals surface area contributed by atoms with Gasteiger partial charge in [0.2, 0.25) is 0 Å². The van der Waals surface area contributed by atoms with E-state index in [-0.39, 0.29) is 116 Å². The van der Waals surface area contributed by atoms with E-state index in [1.165, 1.54) is 0 Å². The zero-order chi connectivity index (χ0) is 10.1. The molecule has 0 heterocycles. The zero-order valence-corrected chi connectivity index (χ0v) is 7.45. The van der Waals surface area contributed by atoms with Gasteiger partial charge in [0.1, 0.15) is 0 Å². The van der Waals surface area contributed by atoms with Crippen molar-refractivity contribution in [1.29, 1.82) is 0 Å². The number of carboxylic acid groups (broad SMARTS) is 2. The Morgan fingerprint density at radius 1 is 0.933 bits per heavy atom. The maximum atomic E-state index is 10.1. The number of hydrogen-bond acceptors (Lipinski definition) is 3. The second-order valence-corrected chi connectivity index (χ2v) is 2.77. The molecule has 0 aliphatic carbocycles. The molecule has 0 amide bonds. The molecule has 0 aliphatic rings. The summed E-state index contributed by atoms with van der Waals surface area (Å²) in [6.07, 6.45) is 2.49. The van der Waals surface area contributed by atoms with Gasteiger partial charge in [0.05, 0.1) is 6.54 Å². The molecular weight excluding hydrogens is 252 g/mol.